The number of unbranched alkanes of at least 4 members (excludes halogenated alkanes) is 1. The number of ether oxygens (including phenoxy) is 1. The molecule has 0 spiro atoms. The molecule has 1 aliphatic rings. The van der Waals surface area contributed by atoms with Crippen LogP contribution in [0.3, 0.4) is 0 Å². The minimum absolute atomic E-state index is 0.0229. The number of hydrogen-bond donors (Lipinski definition) is 0. The van der Waals surface area contributed by atoms with Crippen molar-refractivity contribution in [3.8, 4) is 0 Å². The summed E-state index contributed by atoms with van der Waals surface area (Å²) in [5.41, 5.74) is 6.34. The molecule has 4 atom stereocenters. The second-order valence-corrected chi connectivity index (χ2v) is 13.7. The monoisotopic (exact) mass is 583 g/mol. The molecule has 0 aliphatic heterocycles. The average molecular weight is 584 g/mol. The van der Waals surface area contributed by atoms with E-state index in [1.54, 1.807) is 0 Å². The van der Waals surface area contributed by atoms with Gasteiger partial charge in [0.15, 0.2) is 6.10 Å². The van der Waals surface area contributed by atoms with Crippen molar-refractivity contribution in [2.24, 2.45) is 5.92 Å². The van der Waals surface area contributed by atoms with Gasteiger partial charge in [-0.2, -0.15) is 5.06 Å². The van der Waals surface area contributed by atoms with Gasteiger partial charge in [-0.25, -0.2) is 4.79 Å². The van der Waals surface area contributed by atoms with Gasteiger partial charge in [-0.05, 0) is 98.4 Å². The number of aryl methyl sites for hydroxylation is 2. The van der Waals surface area contributed by atoms with Crippen molar-refractivity contribution in [2.75, 3.05) is 6.61 Å². The van der Waals surface area contributed by atoms with Crippen molar-refractivity contribution in [1.82, 2.24) is 5.06 Å². The number of esters is 1. The summed E-state index contributed by atoms with van der Waals surface area (Å²) in [6.45, 7) is 15.8. The molecule has 0 saturated heterocycles. The summed E-state index contributed by atoms with van der Waals surface area (Å²) in [6.07, 6.45) is 4.88. The molecule has 4 unspecified atom stereocenters. The van der Waals surface area contributed by atoms with Crippen LogP contribution >= 0.6 is 0 Å². The molecule has 0 radical (unpaired) electrons. The molecule has 0 N–H and O–H groups in total. The Bertz CT molecular complexity index is 1280. The Labute approximate surface area is 260 Å². The second kappa shape index (κ2) is 15.2. The first-order valence-corrected chi connectivity index (χ1v) is 16.4. The summed E-state index contributed by atoms with van der Waals surface area (Å²) in [7, 11) is 0. The zero-order valence-electron chi connectivity index (χ0n) is 27.5. The van der Waals surface area contributed by atoms with Gasteiger partial charge in [0.1, 0.15) is 0 Å². The van der Waals surface area contributed by atoms with Crippen molar-refractivity contribution in [3.63, 3.8) is 0 Å². The minimum Gasteiger partial charge on any atom is -0.464 e. The normalized spacial score (nSPS) is 15.8. The van der Waals surface area contributed by atoms with Crippen LogP contribution in [0.2, 0.25) is 0 Å². The van der Waals surface area contributed by atoms with Gasteiger partial charge in [0.2, 0.25) is 0 Å². The Kier molecular flexibility index (Phi) is 11.6. The predicted octanol–water partition coefficient (Wildman–Crippen LogP) is 9.59. The maximum Gasteiger partial charge on any atom is 0.337 e. The van der Waals surface area contributed by atoms with Gasteiger partial charge < -0.3 is 4.74 Å². The van der Waals surface area contributed by atoms with E-state index in [0.29, 0.717) is 18.9 Å². The molecule has 0 amide bonds. The Hall–Kier alpha value is -2.95. The Morgan fingerprint density at radius 1 is 0.814 bits per heavy atom. The van der Waals surface area contributed by atoms with Gasteiger partial charge in [-0.1, -0.05) is 113 Å². The number of benzene rings is 3. The minimum atomic E-state index is -0.722. The lowest BCUT2D eigenvalue weighted by molar-refractivity contribution is -0.275. The summed E-state index contributed by atoms with van der Waals surface area (Å²) < 4.78 is 5.89. The van der Waals surface area contributed by atoms with Gasteiger partial charge >= 0.3 is 5.97 Å². The van der Waals surface area contributed by atoms with Gasteiger partial charge in [-0.15, -0.1) is 0 Å². The quantitative estimate of drug-likeness (QED) is 0.101. The number of fused-ring (bicyclic) bond motifs is 1. The zero-order valence-corrected chi connectivity index (χ0v) is 27.5. The van der Waals surface area contributed by atoms with Crippen LogP contribution in [0.4, 0.5) is 0 Å². The van der Waals surface area contributed by atoms with Gasteiger partial charge in [0.25, 0.3) is 0 Å². The van der Waals surface area contributed by atoms with Crippen LogP contribution < -0.4 is 0 Å². The average Bonchev–Trinajstić information content (AvgIpc) is 2.96. The zero-order chi connectivity index (χ0) is 31.0. The molecule has 0 bridgehead atoms. The Morgan fingerprint density at radius 2 is 1.44 bits per heavy atom. The number of carbonyl (C=O) groups excluding carboxylic acids is 1. The van der Waals surface area contributed by atoms with Crippen molar-refractivity contribution >= 4 is 5.97 Å². The molecule has 0 heterocycles. The van der Waals surface area contributed by atoms with Crippen LogP contribution in [0.25, 0.3) is 0 Å². The number of hydrogen-bond acceptors (Lipinski definition) is 4. The lowest BCUT2D eigenvalue weighted by Gasteiger charge is -2.44. The topological polar surface area (TPSA) is 38.8 Å². The van der Waals surface area contributed by atoms with Gasteiger partial charge in [-0.3, -0.25) is 4.84 Å². The van der Waals surface area contributed by atoms with Crippen LogP contribution in [0.15, 0.2) is 78.9 Å². The summed E-state index contributed by atoms with van der Waals surface area (Å²) in [5, 5.41) is 2.08. The third kappa shape index (κ3) is 8.80. The summed E-state index contributed by atoms with van der Waals surface area (Å²) in [5.74, 6) is 0.473. The molecule has 4 heteroatoms. The van der Waals surface area contributed by atoms with Crippen molar-refractivity contribution in [1.29, 1.82) is 0 Å². The Morgan fingerprint density at radius 3 is 1.98 bits per heavy atom. The number of carbonyl (C=O) groups is 1. The molecule has 4 nitrogen and oxygen atoms in total. The fraction of sp³-hybridized carbons (Fsp3) is 0.513. The van der Waals surface area contributed by atoms with Crippen molar-refractivity contribution in [3.05, 3.63) is 107 Å². The highest BCUT2D eigenvalue weighted by Gasteiger charge is 2.38. The molecule has 3 aromatic rings. The molecular formula is C39H53NO3. The SMILES string of the molecule is CCCCOC(=O)C(CC(CC(C)c1ccccc1)c1ccc2c(c1)CC2)ON(C(c1ccccc1)C(C)C)C(C)(C)C. The van der Waals surface area contributed by atoms with E-state index in [2.05, 4.69) is 126 Å². The first kappa shape index (κ1) is 33.0. The van der Waals surface area contributed by atoms with Crippen LogP contribution in [-0.2, 0) is 27.2 Å². The summed E-state index contributed by atoms with van der Waals surface area (Å²) in [6, 6.07) is 28.2. The second-order valence-electron chi connectivity index (χ2n) is 13.7. The molecule has 0 saturated carbocycles. The smallest absolute Gasteiger partial charge is 0.337 e. The maximum atomic E-state index is 13.9. The van der Waals surface area contributed by atoms with E-state index in [1.165, 1.54) is 27.8 Å². The molecule has 1 aliphatic carbocycles. The van der Waals surface area contributed by atoms with E-state index >= 15 is 0 Å². The number of hydroxylamine groups is 2. The van der Waals surface area contributed by atoms with E-state index in [4.69, 9.17) is 9.57 Å². The van der Waals surface area contributed by atoms with E-state index in [-0.39, 0.29) is 29.4 Å². The largest absolute Gasteiger partial charge is 0.464 e. The molecule has 232 valence electrons. The van der Waals surface area contributed by atoms with Gasteiger partial charge in [0.05, 0.1) is 12.6 Å². The Balaban J connectivity index is 1.70. The molecule has 0 aromatic heterocycles. The fourth-order valence-electron chi connectivity index (χ4n) is 6.25. The first-order chi connectivity index (χ1) is 20.6. The third-order valence-corrected chi connectivity index (χ3v) is 8.80. The highest BCUT2D eigenvalue weighted by atomic mass is 16.7. The van der Waals surface area contributed by atoms with E-state index < -0.39 is 6.10 Å². The van der Waals surface area contributed by atoms with Crippen LogP contribution in [0.5, 0.6) is 0 Å². The number of rotatable bonds is 15. The van der Waals surface area contributed by atoms with E-state index in [1.807, 2.05) is 6.07 Å². The van der Waals surface area contributed by atoms with Crippen molar-refractivity contribution in [2.45, 2.75) is 117 Å². The molecule has 43 heavy (non-hydrogen) atoms. The van der Waals surface area contributed by atoms with Crippen molar-refractivity contribution < 1.29 is 14.4 Å². The molecule has 0 fully saturated rings. The fourth-order valence-corrected chi connectivity index (χ4v) is 6.25. The molecule has 4 rings (SSSR count). The lowest BCUT2D eigenvalue weighted by atomic mass is 9.79. The third-order valence-electron chi connectivity index (χ3n) is 8.80. The highest BCUT2D eigenvalue weighted by molar-refractivity contribution is 5.74. The molecular weight excluding hydrogens is 530 g/mol. The lowest BCUT2D eigenvalue weighted by Crippen LogP contribution is -2.49. The van der Waals surface area contributed by atoms with E-state index in [0.717, 1.165) is 32.1 Å². The van der Waals surface area contributed by atoms with E-state index in [9.17, 15) is 4.79 Å². The van der Waals surface area contributed by atoms with Crippen LogP contribution in [0.1, 0.15) is 120 Å². The first-order valence-electron chi connectivity index (χ1n) is 16.4. The number of nitrogens with zero attached hydrogens (tertiary/aromatic N) is 1. The van der Waals surface area contributed by atoms with Crippen LogP contribution in [-0.4, -0.2) is 29.3 Å². The molecule has 3 aromatic carbocycles. The van der Waals surface area contributed by atoms with Gasteiger partial charge in [0, 0.05) is 5.54 Å². The summed E-state index contributed by atoms with van der Waals surface area (Å²) in [4.78, 5) is 20.8. The maximum absolute atomic E-state index is 13.9. The summed E-state index contributed by atoms with van der Waals surface area (Å²) >= 11 is 0. The predicted molar refractivity (Wildman–Crippen MR) is 177 cm³/mol. The highest BCUT2D eigenvalue weighted by Crippen LogP contribution is 2.39. The standard InChI is InChI=1S/C39H53NO3/c1-8-9-24-42-38(41)36(43-40(39(5,6)7)37(28(2)3)32-18-14-11-15-19-32)27-35(25-29(4)30-16-12-10-13-17-30)34-23-21-31-20-22-33(31)26-34/h10-19,21,23,26,28-29,35-37H,8-9,20,22,24-25,27H2,1-7H3. The van der Waals surface area contributed by atoms with Crippen LogP contribution in [0, 0.1) is 5.92 Å².